The summed E-state index contributed by atoms with van der Waals surface area (Å²) in [5.41, 5.74) is 0.380. The number of hydrogen-bond donors (Lipinski definition) is 0. The van der Waals surface area contributed by atoms with Crippen LogP contribution in [-0.2, 0) is 14.3 Å². The van der Waals surface area contributed by atoms with Crippen LogP contribution in [0.2, 0.25) is 0 Å². The molecule has 0 spiro atoms. The molecule has 4 rings (SSSR count). The van der Waals surface area contributed by atoms with Crippen LogP contribution < -0.4 is 9.64 Å². The molecule has 2 bridgehead atoms. The molecule has 0 aromatic heterocycles. The summed E-state index contributed by atoms with van der Waals surface area (Å²) in [6.07, 6.45) is 1.27. The number of amides is 2. The van der Waals surface area contributed by atoms with E-state index >= 15 is 0 Å². The van der Waals surface area contributed by atoms with Crippen molar-refractivity contribution in [2.24, 2.45) is 11.8 Å². The van der Waals surface area contributed by atoms with E-state index in [4.69, 9.17) is 4.74 Å². The first-order valence-electron chi connectivity index (χ1n) is 7.14. The molecule has 1 aromatic rings. The third-order valence-electron chi connectivity index (χ3n) is 4.60. The second kappa shape index (κ2) is 4.74. The lowest BCUT2D eigenvalue weighted by Crippen LogP contribution is -2.34. The highest BCUT2D eigenvalue weighted by Crippen LogP contribution is 2.49. The van der Waals surface area contributed by atoms with E-state index in [0.717, 1.165) is 17.7 Å². The maximum Gasteiger partial charge on any atom is 0.387 e. The number of rotatable bonds is 3. The fraction of sp³-hybridized carbons (Fsp3) is 0.467. The molecule has 7 heteroatoms. The van der Waals surface area contributed by atoms with Crippen molar-refractivity contribution in [3.8, 4) is 5.75 Å². The van der Waals surface area contributed by atoms with Gasteiger partial charge in [-0.2, -0.15) is 8.78 Å². The van der Waals surface area contributed by atoms with Crippen LogP contribution in [0.3, 0.4) is 0 Å². The van der Waals surface area contributed by atoms with Crippen molar-refractivity contribution in [3.05, 3.63) is 24.3 Å². The summed E-state index contributed by atoms with van der Waals surface area (Å²) < 4.78 is 34.2. The van der Waals surface area contributed by atoms with Gasteiger partial charge in [0.05, 0.1) is 29.7 Å². The van der Waals surface area contributed by atoms with E-state index in [9.17, 15) is 18.4 Å². The Kier molecular flexibility index (Phi) is 2.94. The number of carbonyl (C=O) groups is 2. The number of benzene rings is 1. The van der Waals surface area contributed by atoms with E-state index in [-0.39, 0.29) is 29.8 Å². The second-order valence-corrected chi connectivity index (χ2v) is 5.73. The van der Waals surface area contributed by atoms with Crippen molar-refractivity contribution in [1.29, 1.82) is 0 Å². The summed E-state index contributed by atoms with van der Waals surface area (Å²) >= 11 is 0. The lowest BCUT2D eigenvalue weighted by molar-refractivity contribution is -0.124. The van der Waals surface area contributed by atoms with Crippen LogP contribution >= 0.6 is 0 Å². The molecule has 3 saturated heterocycles. The summed E-state index contributed by atoms with van der Waals surface area (Å²) in [4.78, 5) is 26.2. The number of hydrogen-bond acceptors (Lipinski definition) is 4. The molecule has 1 aromatic carbocycles. The zero-order valence-corrected chi connectivity index (χ0v) is 11.4. The molecule has 4 atom stereocenters. The van der Waals surface area contributed by atoms with Gasteiger partial charge in [0, 0.05) is 0 Å². The van der Waals surface area contributed by atoms with Crippen molar-refractivity contribution in [3.63, 3.8) is 0 Å². The third kappa shape index (κ3) is 1.85. The van der Waals surface area contributed by atoms with Gasteiger partial charge in [-0.3, -0.25) is 9.59 Å². The van der Waals surface area contributed by atoms with Gasteiger partial charge in [0.15, 0.2) is 0 Å². The molecule has 0 radical (unpaired) electrons. The van der Waals surface area contributed by atoms with Gasteiger partial charge >= 0.3 is 6.61 Å². The minimum Gasteiger partial charge on any atom is -0.435 e. The minimum absolute atomic E-state index is 0.0126. The Morgan fingerprint density at radius 2 is 1.59 bits per heavy atom. The lowest BCUT2D eigenvalue weighted by Gasteiger charge is -2.17. The predicted molar refractivity (Wildman–Crippen MR) is 70.4 cm³/mol. The van der Waals surface area contributed by atoms with Crippen LogP contribution in [0, 0.1) is 11.8 Å². The van der Waals surface area contributed by atoms with Gasteiger partial charge in [-0.1, -0.05) is 0 Å². The van der Waals surface area contributed by atoms with Crippen LogP contribution in [-0.4, -0.2) is 30.6 Å². The zero-order chi connectivity index (χ0) is 15.4. The molecule has 0 saturated carbocycles. The smallest absolute Gasteiger partial charge is 0.387 e. The molecular weight excluding hydrogens is 296 g/mol. The molecule has 0 aliphatic carbocycles. The fourth-order valence-corrected chi connectivity index (χ4v) is 3.74. The van der Waals surface area contributed by atoms with Gasteiger partial charge in [-0.05, 0) is 37.1 Å². The standard InChI is InChI=1S/C15H13F2NO4/c16-15(17)21-8-3-1-7(2-4-8)18-13(19)11-9-5-6-10(22-9)12(11)14(18)20/h1-4,9-12,15H,5-6H2/t9-,10-,11-,12-/m1/s1. The van der Waals surface area contributed by atoms with Gasteiger partial charge in [0.25, 0.3) is 0 Å². The number of anilines is 1. The van der Waals surface area contributed by atoms with Crippen LogP contribution in [0.4, 0.5) is 14.5 Å². The Morgan fingerprint density at radius 3 is 2.09 bits per heavy atom. The number of carbonyl (C=O) groups excluding carboxylic acids is 2. The number of alkyl halides is 2. The first-order chi connectivity index (χ1) is 10.6. The largest absolute Gasteiger partial charge is 0.435 e. The van der Waals surface area contributed by atoms with Crippen LogP contribution in [0.1, 0.15) is 12.8 Å². The van der Waals surface area contributed by atoms with Gasteiger partial charge in [0.1, 0.15) is 5.75 Å². The number of halogens is 2. The monoisotopic (exact) mass is 309 g/mol. The van der Waals surface area contributed by atoms with Gasteiger partial charge in [-0.15, -0.1) is 0 Å². The summed E-state index contributed by atoms with van der Waals surface area (Å²) in [5, 5.41) is 0. The molecule has 0 unspecified atom stereocenters. The third-order valence-corrected chi connectivity index (χ3v) is 4.60. The molecule has 5 nitrogen and oxygen atoms in total. The van der Waals surface area contributed by atoms with Crippen LogP contribution in [0.5, 0.6) is 5.75 Å². The Bertz CT molecular complexity index is 605. The normalized spacial score (nSPS) is 33.0. The average Bonchev–Trinajstić information content (AvgIpc) is 3.14. The first-order valence-corrected chi connectivity index (χ1v) is 7.14. The Balaban J connectivity index is 1.60. The SMILES string of the molecule is O=C1[C@H]2[C@H](C(=O)N1c1ccc(OC(F)F)cc1)[C@H]1CC[C@H]2O1. The van der Waals surface area contributed by atoms with Crippen molar-refractivity contribution >= 4 is 17.5 Å². The molecule has 3 aliphatic heterocycles. The lowest BCUT2D eigenvalue weighted by atomic mass is 9.81. The summed E-state index contributed by atoms with van der Waals surface area (Å²) in [6.45, 7) is -2.91. The highest BCUT2D eigenvalue weighted by Gasteiger charge is 2.62. The number of ether oxygens (including phenoxy) is 2. The molecule has 3 aliphatic rings. The van der Waals surface area contributed by atoms with Crippen molar-refractivity contribution in [1.82, 2.24) is 0 Å². The number of imide groups is 1. The van der Waals surface area contributed by atoms with E-state index in [0.29, 0.717) is 5.69 Å². The highest BCUT2D eigenvalue weighted by atomic mass is 19.3. The maximum absolute atomic E-state index is 12.5. The second-order valence-electron chi connectivity index (χ2n) is 5.73. The quantitative estimate of drug-likeness (QED) is 0.801. The molecule has 0 N–H and O–H groups in total. The van der Waals surface area contributed by atoms with Gasteiger partial charge < -0.3 is 9.47 Å². The van der Waals surface area contributed by atoms with Crippen molar-refractivity contribution < 1.29 is 27.8 Å². The van der Waals surface area contributed by atoms with Gasteiger partial charge in [0.2, 0.25) is 11.8 Å². The Labute approximate surface area is 124 Å². The molecule has 2 amide bonds. The summed E-state index contributed by atoms with van der Waals surface area (Å²) in [5.74, 6) is -1.33. The van der Waals surface area contributed by atoms with E-state index < -0.39 is 18.4 Å². The average molecular weight is 309 g/mol. The zero-order valence-electron chi connectivity index (χ0n) is 11.4. The minimum atomic E-state index is -2.91. The van der Waals surface area contributed by atoms with Gasteiger partial charge in [-0.25, -0.2) is 4.90 Å². The highest BCUT2D eigenvalue weighted by molar-refractivity contribution is 6.22. The maximum atomic E-state index is 12.5. The molecular formula is C15H13F2NO4. The first kappa shape index (κ1) is 13.6. The predicted octanol–water partition coefficient (Wildman–Crippen LogP) is 1.95. The number of fused-ring (bicyclic) bond motifs is 5. The van der Waals surface area contributed by atoms with Crippen LogP contribution in [0.25, 0.3) is 0 Å². The van der Waals surface area contributed by atoms with E-state index in [2.05, 4.69) is 4.74 Å². The molecule has 22 heavy (non-hydrogen) atoms. The molecule has 3 fully saturated rings. The van der Waals surface area contributed by atoms with Crippen LogP contribution in [0.15, 0.2) is 24.3 Å². The topological polar surface area (TPSA) is 55.8 Å². The van der Waals surface area contributed by atoms with E-state index in [1.54, 1.807) is 0 Å². The fourth-order valence-electron chi connectivity index (χ4n) is 3.74. The Hall–Kier alpha value is -2.02. The number of nitrogens with zero attached hydrogens (tertiary/aromatic N) is 1. The summed E-state index contributed by atoms with van der Waals surface area (Å²) in [7, 11) is 0. The van der Waals surface area contributed by atoms with Crippen molar-refractivity contribution in [2.75, 3.05) is 4.90 Å². The molecule has 3 heterocycles. The molecule has 116 valence electrons. The Morgan fingerprint density at radius 1 is 1.05 bits per heavy atom. The van der Waals surface area contributed by atoms with Crippen molar-refractivity contribution in [2.45, 2.75) is 31.7 Å². The summed E-state index contributed by atoms with van der Waals surface area (Å²) in [6, 6.07) is 5.52. The van der Waals surface area contributed by atoms with E-state index in [1.807, 2.05) is 0 Å². The van der Waals surface area contributed by atoms with E-state index in [1.165, 1.54) is 24.3 Å².